The normalized spacial score (nSPS) is 12.1. The molecule has 0 radical (unpaired) electrons. The van der Waals surface area contributed by atoms with Crippen molar-refractivity contribution in [3.8, 4) is 0 Å². The van der Waals surface area contributed by atoms with Crippen LogP contribution >= 0.6 is 0 Å². The molecule has 2 aromatic carbocycles. The van der Waals surface area contributed by atoms with Gasteiger partial charge in [0.1, 0.15) is 0 Å². The molecule has 112 valence electrons. The largest absolute Gasteiger partial charge is 0.370 e. The van der Waals surface area contributed by atoms with Crippen LogP contribution < -0.4 is 10.2 Å². The zero-order valence-electron chi connectivity index (χ0n) is 13.3. The van der Waals surface area contributed by atoms with E-state index in [1.54, 1.807) is 0 Å². The Bertz CT molecular complexity index is 519. The Morgan fingerprint density at radius 1 is 0.952 bits per heavy atom. The molecule has 2 nitrogen and oxygen atoms in total. The van der Waals surface area contributed by atoms with E-state index in [2.05, 4.69) is 85.7 Å². The molecular weight excluding hydrogens is 256 g/mol. The number of nitrogens with one attached hydrogen (secondary N) is 1. The second kappa shape index (κ2) is 7.84. The molecule has 0 fully saturated rings. The zero-order valence-corrected chi connectivity index (χ0v) is 13.3. The molecule has 0 amide bonds. The third kappa shape index (κ3) is 4.33. The molecule has 0 aliphatic carbocycles. The van der Waals surface area contributed by atoms with Crippen LogP contribution in [0.3, 0.4) is 0 Å². The maximum absolute atomic E-state index is 3.52. The molecular formula is C19H26N2. The van der Waals surface area contributed by atoms with Crippen LogP contribution in [0.25, 0.3) is 0 Å². The van der Waals surface area contributed by atoms with Crippen LogP contribution in [-0.2, 0) is 6.54 Å². The lowest BCUT2D eigenvalue weighted by atomic mass is 10.0. The molecule has 1 N–H and O–H groups in total. The van der Waals surface area contributed by atoms with Crippen molar-refractivity contribution >= 4 is 5.69 Å². The van der Waals surface area contributed by atoms with Gasteiger partial charge >= 0.3 is 0 Å². The quantitative estimate of drug-likeness (QED) is 0.810. The molecule has 21 heavy (non-hydrogen) atoms. The summed E-state index contributed by atoms with van der Waals surface area (Å²) in [4.78, 5) is 2.29. The van der Waals surface area contributed by atoms with Crippen LogP contribution in [0.2, 0.25) is 0 Å². The highest BCUT2D eigenvalue weighted by atomic mass is 15.1. The van der Waals surface area contributed by atoms with Crippen LogP contribution in [-0.4, -0.2) is 13.6 Å². The third-order valence-electron chi connectivity index (χ3n) is 3.86. The van der Waals surface area contributed by atoms with Gasteiger partial charge in [0, 0.05) is 25.3 Å². The van der Waals surface area contributed by atoms with Gasteiger partial charge in [-0.1, -0.05) is 56.3 Å². The van der Waals surface area contributed by atoms with Crippen molar-refractivity contribution < 1.29 is 0 Å². The summed E-state index contributed by atoms with van der Waals surface area (Å²) >= 11 is 0. The van der Waals surface area contributed by atoms with Crippen LogP contribution in [0.15, 0.2) is 54.6 Å². The van der Waals surface area contributed by atoms with E-state index in [1.165, 1.54) is 16.8 Å². The average molecular weight is 282 g/mol. The average Bonchev–Trinajstić information content (AvgIpc) is 2.54. The molecule has 0 saturated carbocycles. The number of rotatable bonds is 7. The topological polar surface area (TPSA) is 15.3 Å². The Kier molecular flexibility index (Phi) is 5.82. The lowest BCUT2D eigenvalue weighted by molar-refractivity contribution is 0.537. The predicted molar refractivity (Wildman–Crippen MR) is 91.7 cm³/mol. The van der Waals surface area contributed by atoms with E-state index in [-0.39, 0.29) is 0 Å². The minimum absolute atomic E-state index is 0.462. The van der Waals surface area contributed by atoms with E-state index in [4.69, 9.17) is 0 Å². The predicted octanol–water partition coefficient (Wildman–Crippen LogP) is 4.38. The van der Waals surface area contributed by atoms with Crippen LogP contribution in [0.5, 0.6) is 0 Å². The molecule has 0 aliphatic rings. The molecule has 0 bridgehead atoms. The van der Waals surface area contributed by atoms with Gasteiger partial charge in [0.15, 0.2) is 0 Å². The second-order valence-corrected chi connectivity index (χ2v) is 5.45. The van der Waals surface area contributed by atoms with E-state index in [0.29, 0.717) is 6.04 Å². The Labute approximate surface area is 128 Å². The van der Waals surface area contributed by atoms with E-state index in [0.717, 1.165) is 19.5 Å². The first-order valence-electron chi connectivity index (χ1n) is 7.83. The summed E-state index contributed by atoms with van der Waals surface area (Å²) in [5.74, 6) is 0. The van der Waals surface area contributed by atoms with Gasteiger partial charge in [0.05, 0.1) is 0 Å². The summed E-state index contributed by atoms with van der Waals surface area (Å²) in [6.07, 6.45) is 1.12. The SMILES string of the molecule is CCNC(CC)c1ccc(N(C)Cc2ccccc2)cc1. The zero-order chi connectivity index (χ0) is 15.1. The fourth-order valence-electron chi connectivity index (χ4n) is 2.65. The third-order valence-corrected chi connectivity index (χ3v) is 3.86. The summed E-state index contributed by atoms with van der Waals surface area (Å²) in [7, 11) is 2.14. The second-order valence-electron chi connectivity index (χ2n) is 5.45. The van der Waals surface area contributed by atoms with Crippen molar-refractivity contribution in [2.45, 2.75) is 32.9 Å². The maximum atomic E-state index is 3.52. The van der Waals surface area contributed by atoms with Crippen LogP contribution in [0, 0.1) is 0 Å². The highest BCUT2D eigenvalue weighted by Crippen LogP contribution is 2.21. The molecule has 2 heteroatoms. The number of benzene rings is 2. The molecule has 2 aromatic rings. The summed E-state index contributed by atoms with van der Waals surface area (Å²) in [5.41, 5.74) is 3.97. The maximum Gasteiger partial charge on any atom is 0.0426 e. The highest BCUT2D eigenvalue weighted by Gasteiger charge is 2.08. The lowest BCUT2D eigenvalue weighted by Gasteiger charge is -2.21. The molecule has 0 saturated heterocycles. The Balaban J connectivity index is 2.04. The summed E-state index contributed by atoms with van der Waals surface area (Å²) in [5, 5.41) is 3.52. The lowest BCUT2D eigenvalue weighted by Crippen LogP contribution is -2.20. The fourth-order valence-corrected chi connectivity index (χ4v) is 2.65. The first-order valence-corrected chi connectivity index (χ1v) is 7.83. The van der Waals surface area contributed by atoms with Crippen molar-refractivity contribution in [1.29, 1.82) is 0 Å². The van der Waals surface area contributed by atoms with Crippen molar-refractivity contribution in [2.24, 2.45) is 0 Å². The molecule has 0 aliphatic heterocycles. The van der Waals surface area contributed by atoms with Gasteiger partial charge in [-0.3, -0.25) is 0 Å². The highest BCUT2D eigenvalue weighted by molar-refractivity contribution is 5.48. The minimum atomic E-state index is 0.462. The molecule has 1 atom stereocenters. The monoisotopic (exact) mass is 282 g/mol. The van der Waals surface area contributed by atoms with Gasteiger partial charge in [-0.2, -0.15) is 0 Å². The van der Waals surface area contributed by atoms with Gasteiger partial charge < -0.3 is 10.2 Å². The van der Waals surface area contributed by atoms with Crippen LogP contribution in [0.1, 0.15) is 37.4 Å². The van der Waals surface area contributed by atoms with Gasteiger partial charge in [-0.15, -0.1) is 0 Å². The fraction of sp³-hybridized carbons (Fsp3) is 0.368. The van der Waals surface area contributed by atoms with Gasteiger partial charge in [-0.05, 0) is 36.2 Å². The summed E-state index contributed by atoms with van der Waals surface area (Å²) < 4.78 is 0. The molecule has 2 rings (SSSR count). The molecule has 0 heterocycles. The van der Waals surface area contributed by atoms with Crippen molar-refractivity contribution in [1.82, 2.24) is 5.32 Å². The number of hydrogen-bond acceptors (Lipinski definition) is 2. The molecule has 0 aromatic heterocycles. The number of anilines is 1. The minimum Gasteiger partial charge on any atom is -0.370 e. The van der Waals surface area contributed by atoms with Crippen molar-refractivity contribution in [3.63, 3.8) is 0 Å². The molecule has 1 unspecified atom stereocenters. The summed E-state index contributed by atoms with van der Waals surface area (Å²) in [6.45, 7) is 6.33. The van der Waals surface area contributed by atoms with E-state index in [1.807, 2.05) is 0 Å². The summed E-state index contributed by atoms with van der Waals surface area (Å²) in [6, 6.07) is 20.0. The first kappa shape index (κ1) is 15.6. The molecule has 0 spiro atoms. The van der Waals surface area contributed by atoms with E-state index >= 15 is 0 Å². The number of hydrogen-bond donors (Lipinski definition) is 1. The van der Waals surface area contributed by atoms with E-state index in [9.17, 15) is 0 Å². The Morgan fingerprint density at radius 3 is 2.19 bits per heavy atom. The van der Waals surface area contributed by atoms with E-state index < -0.39 is 0 Å². The standard InChI is InChI=1S/C19H26N2/c1-4-19(20-5-2)17-11-13-18(14-12-17)21(3)15-16-9-7-6-8-10-16/h6-14,19-20H,4-5,15H2,1-3H3. The number of nitrogens with zero attached hydrogens (tertiary/aromatic N) is 1. The smallest absolute Gasteiger partial charge is 0.0426 e. The van der Waals surface area contributed by atoms with Gasteiger partial charge in [0.2, 0.25) is 0 Å². The van der Waals surface area contributed by atoms with Crippen molar-refractivity contribution in [2.75, 3.05) is 18.5 Å². The first-order chi connectivity index (χ1) is 10.2. The Hall–Kier alpha value is -1.80. The van der Waals surface area contributed by atoms with Gasteiger partial charge in [0.25, 0.3) is 0 Å². The van der Waals surface area contributed by atoms with Gasteiger partial charge in [-0.25, -0.2) is 0 Å². The van der Waals surface area contributed by atoms with Crippen molar-refractivity contribution in [3.05, 3.63) is 65.7 Å². The Morgan fingerprint density at radius 2 is 1.62 bits per heavy atom. The van der Waals surface area contributed by atoms with Crippen LogP contribution in [0.4, 0.5) is 5.69 Å².